The SMILES string of the molecule is CCC1CCCCN1C(=O)c1cc(Nc2cccc(C)c2C)ccn1. The Hall–Kier alpha value is -2.36. The van der Waals surface area contributed by atoms with Crippen molar-refractivity contribution in [2.24, 2.45) is 0 Å². The summed E-state index contributed by atoms with van der Waals surface area (Å²) in [5.41, 5.74) is 4.95. The van der Waals surface area contributed by atoms with Crippen LogP contribution in [0.3, 0.4) is 0 Å². The van der Waals surface area contributed by atoms with Crippen LogP contribution in [-0.4, -0.2) is 28.4 Å². The van der Waals surface area contributed by atoms with Crippen LogP contribution in [0.25, 0.3) is 0 Å². The highest BCUT2D eigenvalue weighted by Crippen LogP contribution is 2.25. The zero-order valence-electron chi connectivity index (χ0n) is 15.4. The summed E-state index contributed by atoms with van der Waals surface area (Å²) in [4.78, 5) is 19.3. The molecule has 2 heterocycles. The average molecular weight is 337 g/mol. The first-order chi connectivity index (χ1) is 12.1. The molecular formula is C21H27N3O. The van der Waals surface area contributed by atoms with Gasteiger partial charge >= 0.3 is 0 Å². The van der Waals surface area contributed by atoms with E-state index in [0.29, 0.717) is 11.7 Å². The van der Waals surface area contributed by atoms with Crippen molar-refractivity contribution in [1.29, 1.82) is 0 Å². The summed E-state index contributed by atoms with van der Waals surface area (Å²) < 4.78 is 0. The number of nitrogens with one attached hydrogen (secondary N) is 1. The lowest BCUT2D eigenvalue weighted by molar-refractivity contribution is 0.0602. The third-order valence-electron chi connectivity index (χ3n) is 5.22. The van der Waals surface area contributed by atoms with E-state index < -0.39 is 0 Å². The fraction of sp³-hybridized carbons (Fsp3) is 0.429. The van der Waals surface area contributed by atoms with Crippen molar-refractivity contribution in [1.82, 2.24) is 9.88 Å². The Kier molecular flexibility index (Phi) is 5.37. The number of aryl methyl sites for hydroxylation is 1. The van der Waals surface area contributed by atoms with Gasteiger partial charge in [0, 0.05) is 30.2 Å². The Labute approximate surface area is 150 Å². The van der Waals surface area contributed by atoms with E-state index in [9.17, 15) is 4.79 Å². The standard InChI is InChI=1S/C21H27N3O/c1-4-18-9-5-6-13-24(18)21(25)20-14-17(11-12-22-20)23-19-10-7-8-15(2)16(19)3/h7-8,10-12,14,18H,4-6,9,13H2,1-3H3,(H,22,23). The van der Waals surface area contributed by atoms with E-state index in [1.165, 1.54) is 17.5 Å². The molecule has 0 radical (unpaired) electrons. The Bertz CT molecular complexity index is 757. The molecule has 1 aromatic carbocycles. The number of aromatic nitrogens is 1. The molecule has 25 heavy (non-hydrogen) atoms. The topological polar surface area (TPSA) is 45.2 Å². The number of benzene rings is 1. The molecule has 0 bridgehead atoms. The number of carbonyl (C=O) groups excluding carboxylic acids is 1. The summed E-state index contributed by atoms with van der Waals surface area (Å²) in [5, 5.41) is 3.43. The van der Waals surface area contributed by atoms with E-state index in [1.54, 1.807) is 6.20 Å². The summed E-state index contributed by atoms with van der Waals surface area (Å²) in [6.45, 7) is 7.20. The molecule has 1 fully saturated rings. The number of amides is 1. The van der Waals surface area contributed by atoms with E-state index in [-0.39, 0.29) is 5.91 Å². The highest BCUT2D eigenvalue weighted by Gasteiger charge is 2.27. The van der Waals surface area contributed by atoms with Crippen LogP contribution in [0, 0.1) is 13.8 Å². The van der Waals surface area contributed by atoms with Gasteiger partial charge in [0.15, 0.2) is 0 Å². The quantitative estimate of drug-likeness (QED) is 0.867. The smallest absolute Gasteiger partial charge is 0.272 e. The Morgan fingerprint density at radius 3 is 2.92 bits per heavy atom. The maximum atomic E-state index is 12.9. The van der Waals surface area contributed by atoms with Gasteiger partial charge in [-0.2, -0.15) is 0 Å². The van der Waals surface area contributed by atoms with Crippen LogP contribution in [0.1, 0.15) is 54.2 Å². The highest BCUT2D eigenvalue weighted by molar-refractivity contribution is 5.93. The minimum absolute atomic E-state index is 0.0520. The summed E-state index contributed by atoms with van der Waals surface area (Å²) >= 11 is 0. The normalized spacial score (nSPS) is 17.4. The zero-order chi connectivity index (χ0) is 17.8. The third kappa shape index (κ3) is 3.84. The number of carbonyl (C=O) groups is 1. The van der Waals surface area contributed by atoms with Gasteiger partial charge in [-0.3, -0.25) is 9.78 Å². The summed E-state index contributed by atoms with van der Waals surface area (Å²) in [7, 11) is 0. The molecule has 1 saturated heterocycles. The number of likely N-dealkylation sites (tertiary alicyclic amines) is 1. The molecule has 1 aliphatic heterocycles. The molecule has 0 spiro atoms. The van der Waals surface area contributed by atoms with Crippen LogP contribution >= 0.6 is 0 Å². The van der Waals surface area contributed by atoms with Crippen molar-refractivity contribution in [3.63, 3.8) is 0 Å². The lowest BCUT2D eigenvalue weighted by atomic mass is 9.99. The summed E-state index contributed by atoms with van der Waals surface area (Å²) in [5.74, 6) is 0.0520. The van der Waals surface area contributed by atoms with Crippen molar-refractivity contribution in [3.8, 4) is 0 Å². The first-order valence-electron chi connectivity index (χ1n) is 9.20. The maximum absolute atomic E-state index is 12.9. The Balaban J connectivity index is 1.81. The number of hydrogen-bond donors (Lipinski definition) is 1. The molecule has 1 N–H and O–H groups in total. The molecular weight excluding hydrogens is 310 g/mol. The van der Waals surface area contributed by atoms with Crippen LogP contribution in [0.5, 0.6) is 0 Å². The molecule has 1 unspecified atom stereocenters. The summed E-state index contributed by atoms with van der Waals surface area (Å²) in [6, 6.07) is 10.3. The van der Waals surface area contributed by atoms with Gasteiger partial charge < -0.3 is 10.2 Å². The van der Waals surface area contributed by atoms with Gasteiger partial charge in [0.2, 0.25) is 0 Å². The molecule has 1 atom stereocenters. The number of rotatable bonds is 4. The van der Waals surface area contributed by atoms with Crippen molar-refractivity contribution in [2.75, 3.05) is 11.9 Å². The second-order valence-corrected chi connectivity index (χ2v) is 6.86. The first kappa shape index (κ1) is 17.5. The maximum Gasteiger partial charge on any atom is 0.272 e. The molecule has 1 aromatic heterocycles. The van der Waals surface area contributed by atoms with Crippen molar-refractivity contribution in [3.05, 3.63) is 53.3 Å². The van der Waals surface area contributed by atoms with Crippen molar-refractivity contribution in [2.45, 2.75) is 52.5 Å². The van der Waals surface area contributed by atoms with E-state index in [0.717, 1.165) is 37.2 Å². The van der Waals surface area contributed by atoms with Crippen molar-refractivity contribution < 1.29 is 4.79 Å². The van der Waals surface area contributed by atoms with Crippen LogP contribution in [0.2, 0.25) is 0 Å². The minimum Gasteiger partial charge on any atom is -0.355 e. The van der Waals surface area contributed by atoms with Gasteiger partial charge in [0.25, 0.3) is 5.91 Å². The van der Waals surface area contributed by atoms with Gasteiger partial charge in [0.1, 0.15) is 5.69 Å². The fourth-order valence-corrected chi connectivity index (χ4v) is 3.51. The van der Waals surface area contributed by atoms with E-state index in [2.05, 4.69) is 43.2 Å². The molecule has 1 aliphatic rings. The first-order valence-corrected chi connectivity index (χ1v) is 9.20. The lowest BCUT2D eigenvalue weighted by Crippen LogP contribution is -2.43. The van der Waals surface area contributed by atoms with Gasteiger partial charge in [-0.1, -0.05) is 19.1 Å². The van der Waals surface area contributed by atoms with E-state index in [1.807, 2.05) is 23.1 Å². The van der Waals surface area contributed by atoms with Gasteiger partial charge in [-0.05, 0) is 68.9 Å². The number of anilines is 2. The zero-order valence-corrected chi connectivity index (χ0v) is 15.4. The van der Waals surface area contributed by atoms with Crippen LogP contribution < -0.4 is 5.32 Å². The monoisotopic (exact) mass is 337 g/mol. The molecule has 2 aromatic rings. The molecule has 1 amide bonds. The van der Waals surface area contributed by atoms with Gasteiger partial charge in [0.05, 0.1) is 0 Å². The molecule has 4 nitrogen and oxygen atoms in total. The number of pyridine rings is 1. The predicted octanol–water partition coefficient (Wildman–Crippen LogP) is 4.85. The lowest BCUT2D eigenvalue weighted by Gasteiger charge is -2.35. The minimum atomic E-state index is 0.0520. The largest absolute Gasteiger partial charge is 0.355 e. The molecule has 4 heteroatoms. The molecule has 3 rings (SSSR count). The Morgan fingerprint density at radius 1 is 1.28 bits per heavy atom. The average Bonchev–Trinajstić information content (AvgIpc) is 2.65. The fourth-order valence-electron chi connectivity index (χ4n) is 3.51. The molecule has 0 saturated carbocycles. The van der Waals surface area contributed by atoms with Gasteiger partial charge in [-0.15, -0.1) is 0 Å². The third-order valence-corrected chi connectivity index (χ3v) is 5.22. The Morgan fingerprint density at radius 2 is 2.12 bits per heavy atom. The highest BCUT2D eigenvalue weighted by atomic mass is 16.2. The number of nitrogens with zero attached hydrogens (tertiary/aromatic N) is 2. The second kappa shape index (κ2) is 7.68. The second-order valence-electron chi connectivity index (χ2n) is 6.86. The molecule has 132 valence electrons. The van der Waals surface area contributed by atoms with Crippen molar-refractivity contribution >= 4 is 17.3 Å². The van der Waals surface area contributed by atoms with Crippen LogP contribution in [-0.2, 0) is 0 Å². The van der Waals surface area contributed by atoms with Crippen LogP contribution in [0.15, 0.2) is 36.5 Å². The van der Waals surface area contributed by atoms with Crippen LogP contribution in [0.4, 0.5) is 11.4 Å². The number of hydrogen-bond acceptors (Lipinski definition) is 3. The van der Waals surface area contributed by atoms with Gasteiger partial charge in [-0.25, -0.2) is 0 Å². The predicted molar refractivity (Wildman–Crippen MR) is 102 cm³/mol. The summed E-state index contributed by atoms with van der Waals surface area (Å²) in [6.07, 6.45) is 6.12. The molecule has 0 aliphatic carbocycles. The van der Waals surface area contributed by atoms with E-state index >= 15 is 0 Å². The van der Waals surface area contributed by atoms with E-state index in [4.69, 9.17) is 0 Å². The number of piperidine rings is 1.